The van der Waals surface area contributed by atoms with Crippen molar-refractivity contribution in [2.45, 2.75) is 32.7 Å². The highest BCUT2D eigenvalue weighted by Gasteiger charge is 2.28. The lowest BCUT2D eigenvalue weighted by Gasteiger charge is -2.34. The largest absolute Gasteiger partial charge is 0.339 e. The van der Waals surface area contributed by atoms with Gasteiger partial charge in [0.05, 0.1) is 14.0 Å². The van der Waals surface area contributed by atoms with Crippen LogP contribution in [0.15, 0.2) is 15.9 Å². The Kier molecular flexibility index (Phi) is 4.62. The zero-order valence-electron chi connectivity index (χ0n) is 14.3. The molecule has 0 unspecified atom stereocenters. The van der Waals surface area contributed by atoms with Gasteiger partial charge in [-0.25, -0.2) is 0 Å². The topological polar surface area (TPSA) is 45.6 Å². The molecule has 2 aromatic heterocycles. The summed E-state index contributed by atoms with van der Waals surface area (Å²) in [5.74, 6) is 0.878. The Hall–Kier alpha value is -1.34. The molecule has 2 aliphatic rings. The fraction of sp³-hybridized carbons (Fsp3) is 0.556. The standard InChI is InChI=1S/C18H22BrN3O2S/c1-12(23)20-5-7-21(8-6-20)18(24)15-9-16-14(10-17(19)25-16)22(15)11-13-3-2-4-13/h9-10,13H,2-8,11H2,1H3. The number of hydrogen-bond acceptors (Lipinski definition) is 3. The SMILES string of the molecule is CC(=O)N1CCN(C(=O)c2cc3sc(Br)cc3n2CC2CCC2)CC1. The molecule has 0 bridgehead atoms. The summed E-state index contributed by atoms with van der Waals surface area (Å²) in [6.45, 7) is 5.01. The maximum atomic E-state index is 13.1. The molecule has 1 saturated heterocycles. The first kappa shape index (κ1) is 17.1. The summed E-state index contributed by atoms with van der Waals surface area (Å²) in [4.78, 5) is 28.3. The molecule has 2 aromatic rings. The third-order valence-corrected chi connectivity index (χ3v) is 7.03. The van der Waals surface area contributed by atoms with Gasteiger partial charge in [0.15, 0.2) is 0 Å². The fourth-order valence-electron chi connectivity index (χ4n) is 3.71. The first-order chi connectivity index (χ1) is 12.0. The van der Waals surface area contributed by atoms with E-state index in [4.69, 9.17) is 0 Å². The second-order valence-electron chi connectivity index (χ2n) is 7.04. The normalized spacial score (nSPS) is 18.6. The van der Waals surface area contributed by atoms with Crippen molar-refractivity contribution in [2.24, 2.45) is 5.92 Å². The highest BCUT2D eigenvalue weighted by Crippen LogP contribution is 2.36. The summed E-state index contributed by atoms with van der Waals surface area (Å²) in [6, 6.07) is 4.17. The smallest absolute Gasteiger partial charge is 0.270 e. The third-order valence-electron chi connectivity index (χ3n) is 5.46. The van der Waals surface area contributed by atoms with Crippen LogP contribution < -0.4 is 0 Å². The predicted octanol–water partition coefficient (Wildman–Crippen LogP) is 3.57. The Morgan fingerprint density at radius 1 is 1.16 bits per heavy atom. The lowest BCUT2D eigenvalue weighted by atomic mass is 9.85. The van der Waals surface area contributed by atoms with E-state index in [-0.39, 0.29) is 11.8 Å². The monoisotopic (exact) mass is 423 g/mol. The van der Waals surface area contributed by atoms with Crippen molar-refractivity contribution in [1.29, 1.82) is 0 Å². The molecule has 7 heteroatoms. The van der Waals surface area contributed by atoms with E-state index in [0.717, 1.165) is 26.2 Å². The summed E-state index contributed by atoms with van der Waals surface area (Å²) < 4.78 is 4.49. The summed E-state index contributed by atoms with van der Waals surface area (Å²) in [5, 5.41) is 0. The van der Waals surface area contributed by atoms with Gasteiger partial charge < -0.3 is 14.4 Å². The van der Waals surface area contributed by atoms with Crippen molar-refractivity contribution in [1.82, 2.24) is 14.4 Å². The average molecular weight is 424 g/mol. The fourth-order valence-corrected chi connectivity index (χ4v) is 5.27. The molecule has 1 aliphatic heterocycles. The van der Waals surface area contributed by atoms with Crippen molar-refractivity contribution in [3.8, 4) is 0 Å². The Balaban J connectivity index is 1.59. The molecule has 0 spiro atoms. The number of halogens is 1. The summed E-state index contributed by atoms with van der Waals surface area (Å²) >= 11 is 5.25. The van der Waals surface area contributed by atoms with Crippen LogP contribution in [0.4, 0.5) is 0 Å². The van der Waals surface area contributed by atoms with Crippen LogP contribution in [-0.4, -0.2) is 52.4 Å². The number of hydrogen-bond donors (Lipinski definition) is 0. The minimum atomic E-state index is 0.0887. The van der Waals surface area contributed by atoms with Crippen LogP contribution in [0.3, 0.4) is 0 Å². The minimum absolute atomic E-state index is 0.0887. The number of carbonyl (C=O) groups is 2. The number of carbonyl (C=O) groups excluding carboxylic acids is 2. The molecule has 2 fully saturated rings. The number of piperazine rings is 1. The molecule has 5 nitrogen and oxygen atoms in total. The van der Waals surface area contributed by atoms with Crippen LogP contribution in [0.2, 0.25) is 0 Å². The van der Waals surface area contributed by atoms with Crippen LogP contribution in [0.5, 0.6) is 0 Å². The van der Waals surface area contributed by atoms with Crippen LogP contribution in [0.25, 0.3) is 10.2 Å². The van der Waals surface area contributed by atoms with Gasteiger partial charge in [0.1, 0.15) is 5.69 Å². The first-order valence-electron chi connectivity index (χ1n) is 8.86. The van der Waals surface area contributed by atoms with Crippen LogP contribution in [0, 0.1) is 5.92 Å². The predicted molar refractivity (Wildman–Crippen MR) is 103 cm³/mol. The van der Waals surface area contributed by atoms with Gasteiger partial charge in [-0.15, -0.1) is 11.3 Å². The van der Waals surface area contributed by atoms with Crippen molar-refractivity contribution >= 4 is 49.3 Å². The molecule has 1 saturated carbocycles. The van der Waals surface area contributed by atoms with Gasteiger partial charge in [0, 0.05) is 39.6 Å². The van der Waals surface area contributed by atoms with Gasteiger partial charge in [-0.05, 0) is 46.8 Å². The van der Waals surface area contributed by atoms with Gasteiger partial charge in [0.2, 0.25) is 5.91 Å². The molecule has 0 aromatic carbocycles. The first-order valence-corrected chi connectivity index (χ1v) is 10.5. The number of thiophene rings is 1. The van der Waals surface area contributed by atoms with E-state index in [2.05, 4.69) is 26.6 Å². The highest BCUT2D eigenvalue weighted by molar-refractivity contribution is 9.11. The zero-order valence-corrected chi connectivity index (χ0v) is 16.7. The second-order valence-corrected chi connectivity index (χ2v) is 9.50. The van der Waals surface area contributed by atoms with E-state index in [1.807, 2.05) is 15.9 Å². The van der Waals surface area contributed by atoms with Gasteiger partial charge >= 0.3 is 0 Å². The molecular formula is C18H22BrN3O2S. The van der Waals surface area contributed by atoms with Crippen LogP contribution in [-0.2, 0) is 11.3 Å². The van der Waals surface area contributed by atoms with E-state index in [1.54, 1.807) is 18.3 Å². The third kappa shape index (κ3) is 3.24. The molecule has 0 N–H and O–H groups in total. The molecule has 3 heterocycles. The van der Waals surface area contributed by atoms with E-state index in [9.17, 15) is 9.59 Å². The maximum Gasteiger partial charge on any atom is 0.270 e. The Morgan fingerprint density at radius 3 is 2.44 bits per heavy atom. The summed E-state index contributed by atoms with van der Waals surface area (Å²) in [7, 11) is 0. The average Bonchev–Trinajstić information content (AvgIpc) is 3.06. The van der Waals surface area contributed by atoms with Crippen LogP contribution >= 0.6 is 27.3 Å². The molecule has 0 atom stereocenters. The zero-order chi connectivity index (χ0) is 17.6. The summed E-state index contributed by atoms with van der Waals surface area (Å²) in [6.07, 6.45) is 3.82. The Morgan fingerprint density at radius 2 is 1.84 bits per heavy atom. The van der Waals surface area contributed by atoms with E-state index in [0.29, 0.717) is 32.1 Å². The van der Waals surface area contributed by atoms with Gasteiger partial charge in [-0.1, -0.05) is 6.42 Å². The van der Waals surface area contributed by atoms with E-state index < -0.39 is 0 Å². The molecule has 134 valence electrons. The quantitative estimate of drug-likeness (QED) is 0.757. The lowest BCUT2D eigenvalue weighted by Crippen LogP contribution is -2.50. The number of rotatable bonds is 3. The van der Waals surface area contributed by atoms with Crippen molar-refractivity contribution in [3.63, 3.8) is 0 Å². The number of amides is 2. The Labute approximate surface area is 159 Å². The molecule has 1 aliphatic carbocycles. The molecule has 25 heavy (non-hydrogen) atoms. The van der Waals surface area contributed by atoms with E-state index >= 15 is 0 Å². The Bertz CT molecular complexity index is 816. The summed E-state index contributed by atoms with van der Waals surface area (Å²) in [5.41, 5.74) is 1.96. The molecule has 2 amide bonds. The number of nitrogens with zero attached hydrogens (tertiary/aromatic N) is 3. The number of aromatic nitrogens is 1. The maximum absolute atomic E-state index is 13.1. The van der Waals surface area contributed by atoms with Gasteiger partial charge in [0.25, 0.3) is 5.91 Å². The highest BCUT2D eigenvalue weighted by atomic mass is 79.9. The van der Waals surface area contributed by atoms with Crippen LogP contribution in [0.1, 0.15) is 36.7 Å². The molecular weight excluding hydrogens is 402 g/mol. The molecule has 4 rings (SSSR count). The van der Waals surface area contributed by atoms with Crippen molar-refractivity contribution in [2.75, 3.05) is 26.2 Å². The minimum Gasteiger partial charge on any atom is -0.339 e. The van der Waals surface area contributed by atoms with Gasteiger partial charge in [-0.2, -0.15) is 0 Å². The molecule has 0 radical (unpaired) electrons. The van der Waals surface area contributed by atoms with Crippen molar-refractivity contribution < 1.29 is 9.59 Å². The second kappa shape index (κ2) is 6.76. The number of fused-ring (bicyclic) bond motifs is 1. The van der Waals surface area contributed by atoms with E-state index in [1.165, 1.54) is 19.3 Å². The van der Waals surface area contributed by atoms with Crippen molar-refractivity contribution in [3.05, 3.63) is 21.6 Å². The lowest BCUT2D eigenvalue weighted by molar-refractivity contribution is -0.130. The van der Waals surface area contributed by atoms with Gasteiger partial charge in [-0.3, -0.25) is 9.59 Å².